The lowest BCUT2D eigenvalue weighted by atomic mass is 10.00. The first kappa shape index (κ1) is 11.4. The fourth-order valence-corrected chi connectivity index (χ4v) is 1.60. The summed E-state index contributed by atoms with van der Waals surface area (Å²) >= 11 is 0. The van der Waals surface area contributed by atoms with Crippen molar-refractivity contribution in [3.63, 3.8) is 0 Å². The minimum Gasteiger partial charge on any atom is -0.497 e. The van der Waals surface area contributed by atoms with Gasteiger partial charge in [0.15, 0.2) is 0 Å². The highest BCUT2D eigenvalue weighted by atomic mass is 19.1. The first-order valence-corrected chi connectivity index (χ1v) is 5.30. The second-order valence-corrected chi connectivity index (χ2v) is 4.30. The third-order valence-corrected chi connectivity index (χ3v) is 2.83. The molecule has 16 heavy (non-hydrogen) atoms. The van der Waals surface area contributed by atoms with Crippen molar-refractivity contribution in [2.45, 2.75) is 19.1 Å². The summed E-state index contributed by atoms with van der Waals surface area (Å²) in [5, 5.41) is 3.13. The van der Waals surface area contributed by atoms with Crippen molar-refractivity contribution >= 4 is 0 Å². The summed E-state index contributed by atoms with van der Waals surface area (Å²) in [6.45, 7) is 3.97. The first-order chi connectivity index (χ1) is 7.63. The van der Waals surface area contributed by atoms with Gasteiger partial charge in [-0.1, -0.05) is 6.07 Å². The summed E-state index contributed by atoms with van der Waals surface area (Å²) in [4.78, 5) is 0. The van der Waals surface area contributed by atoms with Gasteiger partial charge in [-0.15, -0.1) is 0 Å². The second kappa shape index (κ2) is 4.39. The Hall–Kier alpha value is -1.13. The molecule has 0 unspecified atom stereocenters. The molecule has 0 radical (unpaired) electrons. The van der Waals surface area contributed by atoms with Crippen molar-refractivity contribution in [2.24, 2.45) is 0 Å². The molecule has 88 valence electrons. The van der Waals surface area contributed by atoms with Crippen molar-refractivity contribution in [3.8, 4) is 5.75 Å². The van der Waals surface area contributed by atoms with Gasteiger partial charge in [-0.2, -0.15) is 0 Å². The van der Waals surface area contributed by atoms with Crippen LogP contribution in [0.5, 0.6) is 5.75 Å². The number of halogens is 1. The van der Waals surface area contributed by atoms with E-state index in [-0.39, 0.29) is 11.4 Å². The van der Waals surface area contributed by atoms with Crippen LogP contribution in [0, 0.1) is 5.82 Å². The number of ether oxygens (including phenoxy) is 2. The molecule has 2 rings (SSSR count). The monoisotopic (exact) mass is 225 g/mol. The summed E-state index contributed by atoms with van der Waals surface area (Å²) in [5.74, 6) is 0.244. The zero-order chi connectivity index (χ0) is 11.6. The van der Waals surface area contributed by atoms with Crippen LogP contribution in [-0.2, 0) is 11.3 Å². The van der Waals surface area contributed by atoms with Crippen LogP contribution >= 0.6 is 0 Å². The summed E-state index contributed by atoms with van der Waals surface area (Å²) in [5.41, 5.74) is 0.417. The Morgan fingerprint density at radius 1 is 1.44 bits per heavy atom. The van der Waals surface area contributed by atoms with Crippen molar-refractivity contribution < 1.29 is 13.9 Å². The Morgan fingerprint density at radius 3 is 2.69 bits per heavy atom. The van der Waals surface area contributed by atoms with E-state index in [2.05, 4.69) is 5.32 Å². The van der Waals surface area contributed by atoms with Gasteiger partial charge in [0.2, 0.25) is 0 Å². The molecule has 1 aromatic carbocycles. The molecule has 1 fully saturated rings. The van der Waals surface area contributed by atoms with Gasteiger partial charge in [-0.3, -0.25) is 0 Å². The molecule has 3 nitrogen and oxygen atoms in total. The number of hydrogen-bond acceptors (Lipinski definition) is 3. The lowest BCUT2D eigenvalue weighted by Crippen LogP contribution is -2.58. The fraction of sp³-hybridized carbons (Fsp3) is 0.500. The lowest BCUT2D eigenvalue weighted by Gasteiger charge is -2.39. The van der Waals surface area contributed by atoms with Gasteiger partial charge < -0.3 is 14.8 Å². The zero-order valence-corrected chi connectivity index (χ0v) is 9.55. The number of methoxy groups -OCH3 is 1. The molecule has 1 aliphatic rings. The highest BCUT2D eigenvalue weighted by molar-refractivity contribution is 5.28. The van der Waals surface area contributed by atoms with Crippen LogP contribution < -0.4 is 10.1 Å². The van der Waals surface area contributed by atoms with E-state index in [9.17, 15) is 4.39 Å². The first-order valence-electron chi connectivity index (χ1n) is 5.30. The van der Waals surface area contributed by atoms with Gasteiger partial charge in [0.1, 0.15) is 11.6 Å². The molecular weight excluding hydrogens is 209 g/mol. The van der Waals surface area contributed by atoms with Crippen molar-refractivity contribution in [1.29, 1.82) is 0 Å². The molecule has 1 aliphatic heterocycles. The van der Waals surface area contributed by atoms with Gasteiger partial charge in [0.25, 0.3) is 0 Å². The smallest absolute Gasteiger partial charge is 0.132 e. The van der Waals surface area contributed by atoms with Gasteiger partial charge in [0, 0.05) is 24.7 Å². The Balaban J connectivity index is 1.98. The summed E-state index contributed by atoms with van der Waals surface area (Å²) in [6.07, 6.45) is 0. The molecule has 1 N–H and O–H groups in total. The number of benzene rings is 1. The molecule has 0 amide bonds. The summed E-state index contributed by atoms with van der Waals surface area (Å²) in [7, 11) is 1.52. The number of hydrogen-bond donors (Lipinski definition) is 1. The molecule has 0 spiro atoms. The standard InChI is InChI=1S/C12H16FNO2/c1-12(7-14-8-12)16-6-9-3-4-10(15-2)5-11(9)13/h3-5,14H,6-8H2,1-2H3. The Kier molecular flexibility index (Phi) is 3.12. The Labute approximate surface area is 94.6 Å². The average molecular weight is 225 g/mol. The van der Waals surface area contributed by atoms with Crippen molar-refractivity contribution in [2.75, 3.05) is 20.2 Å². The van der Waals surface area contributed by atoms with Gasteiger partial charge >= 0.3 is 0 Å². The van der Waals surface area contributed by atoms with E-state index < -0.39 is 0 Å². The topological polar surface area (TPSA) is 30.5 Å². The van der Waals surface area contributed by atoms with E-state index in [0.717, 1.165) is 13.1 Å². The van der Waals surface area contributed by atoms with Crippen LogP contribution in [-0.4, -0.2) is 25.8 Å². The minimum atomic E-state index is -0.282. The predicted octanol–water partition coefficient (Wildman–Crippen LogP) is 1.71. The van der Waals surface area contributed by atoms with Crippen molar-refractivity contribution in [3.05, 3.63) is 29.6 Å². The normalized spacial score (nSPS) is 17.9. The maximum atomic E-state index is 13.6. The maximum absolute atomic E-state index is 13.6. The molecule has 0 aliphatic carbocycles. The third kappa shape index (κ3) is 2.33. The van der Waals surface area contributed by atoms with E-state index in [1.807, 2.05) is 6.92 Å². The maximum Gasteiger partial charge on any atom is 0.132 e. The number of rotatable bonds is 4. The number of nitrogens with one attached hydrogen (secondary N) is 1. The molecule has 0 aromatic heterocycles. The summed E-state index contributed by atoms with van der Waals surface area (Å²) in [6, 6.07) is 4.81. The van der Waals surface area contributed by atoms with E-state index in [0.29, 0.717) is 17.9 Å². The highest BCUT2D eigenvalue weighted by Gasteiger charge is 2.32. The van der Waals surface area contributed by atoms with Crippen LogP contribution in [0.2, 0.25) is 0 Å². The van der Waals surface area contributed by atoms with Gasteiger partial charge in [-0.25, -0.2) is 4.39 Å². The molecule has 1 saturated heterocycles. The van der Waals surface area contributed by atoms with Crippen molar-refractivity contribution in [1.82, 2.24) is 5.32 Å². The fourth-order valence-electron chi connectivity index (χ4n) is 1.60. The largest absolute Gasteiger partial charge is 0.497 e. The lowest BCUT2D eigenvalue weighted by molar-refractivity contribution is -0.0775. The highest BCUT2D eigenvalue weighted by Crippen LogP contribution is 2.21. The van der Waals surface area contributed by atoms with Crippen LogP contribution in [0.1, 0.15) is 12.5 Å². The summed E-state index contributed by atoms with van der Waals surface area (Å²) < 4.78 is 24.2. The SMILES string of the molecule is COc1ccc(COC2(C)CNC2)c(F)c1. The Bertz CT molecular complexity index is 377. The van der Waals surface area contributed by atoms with E-state index in [4.69, 9.17) is 9.47 Å². The molecule has 0 bridgehead atoms. The zero-order valence-electron chi connectivity index (χ0n) is 9.55. The van der Waals surface area contributed by atoms with E-state index in [1.165, 1.54) is 13.2 Å². The van der Waals surface area contributed by atoms with Crippen LogP contribution in [0.4, 0.5) is 4.39 Å². The molecule has 1 heterocycles. The third-order valence-electron chi connectivity index (χ3n) is 2.83. The van der Waals surface area contributed by atoms with Gasteiger partial charge in [0.05, 0.1) is 19.3 Å². The second-order valence-electron chi connectivity index (χ2n) is 4.30. The van der Waals surface area contributed by atoms with E-state index in [1.54, 1.807) is 12.1 Å². The molecular formula is C12H16FNO2. The molecule has 0 saturated carbocycles. The molecule has 4 heteroatoms. The average Bonchev–Trinajstić information content (AvgIpc) is 2.25. The predicted molar refractivity (Wildman–Crippen MR) is 59.0 cm³/mol. The minimum absolute atomic E-state index is 0.146. The quantitative estimate of drug-likeness (QED) is 0.846. The van der Waals surface area contributed by atoms with Crippen LogP contribution in [0.3, 0.4) is 0 Å². The Morgan fingerprint density at radius 2 is 2.19 bits per heavy atom. The molecule has 1 aromatic rings. The van der Waals surface area contributed by atoms with Crippen LogP contribution in [0.25, 0.3) is 0 Å². The van der Waals surface area contributed by atoms with Crippen LogP contribution in [0.15, 0.2) is 18.2 Å². The molecule has 0 atom stereocenters. The van der Waals surface area contributed by atoms with E-state index >= 15 is 0 Å². The van der Waals surface area contributed by atoms with Gasteiger partial charge in [-0.05, 0) is 13.0 Å².